The van der Waals surface area contributed by atoms with Crippen molar-refractivity contribution in [2.24, 2.45) is 5.92 Å². The summed E-state index contributed by atoms with van der Waals surface area (Å²) in [4.78, 5) is 28.3. The van der Waals surface area contributed by atoms with E-state index < -0.39 is 11.8 Å². The van der Waals surface area contributed by atoms with Crippen LogP contribution in [-0.2, 0) is 28.8 Å². The second-order valence-corrected chi connectivity index (χ2v) is 11.2. The van der Waals surface area contributed by atoms with Gasteiger partial charge in [0.2, 0.25) is 0 Å². The highest BCUT2D eigenvalue weighted by atomic mass is 16.5. The van der Waals surface area contributed by atoms with Crippen molar-refractivity contribution in [2.75, 3.05) is 6.54 Å². The lowest BCUT2D eigenvalue weighted by molar-refractivity contribution is -0.131. The normalized spacial score (nSPS) is 21.5. The third-order valence-electron chi connectivity index (χ3n) is 8.13. The predicted octanol–water partition coefficient (Wildman–Crippen LogP) is 5.35. The van der Waals surface area contributed by atoms with Crippen molar-refractivity contribution < 1.29 is 19.4 Å². The minimum absolute atomic E-state index is 0.0209. The van der Waals surface area contributed by atoms with Crippen LogP contribution in [0.15, 0.2) is 78.9 Å². The number of nitrogens with zero attached hydrogens (tertiary/aromatic N) is 1. The van der Waals surface area contributed by atoms with Crippen molar-refractivity contribution in [3.05, 3.63) is 107 Å². The Morgan fingerprint density at radius 1 is 0.974 bits per heavy atom. The molecule has 5 heteroatoms. The minimum Gasteiger partial charge on any atom is -0.393 e. The number of carbonyl (C=O) groups excluding carboxylic acids is 2. The molecule has 0 spiro atoms. The Hall–Kier alpha value is -3.12. The number of hydrogen-bond donors (Lipinski definition) is 1. The molecule has 5 rings (SSSR count). The molecule has 1 unspecified atom stereocenters. The van der Waals surface area contributed by atoms with E-state index in [2.05, 4.69) is 29.2 Å². The first kappa shape index (κ1) is 26.5. The Kier molecular flexibility index (Phi) is 7.62. The molecule has 0 radical (unpaired) electrons. The number of carbonyl (C=O) groups is 2. The molecule has 2 aliphatic rings. The molecule has 5 nitrogen and oxygen atoms in total. The minimum atomic E-state index is -0.740. The largest absolute Gasteiger partial charge is 0.393 e. The Balaban J connectivity index is 1.36. The number of ether oxygens (including phenoxy) is 1. The van der Waals surface area contributed by atoms with E-state index in [1.807, 2.05) is 62.4 Å². The second kappa shape index (κ2) is 10.9. The van der Waals surface area contributed by atoms with Gasteiger partial charge in [-0.1, -0.05) is 78.9 Å². The van der Waals surface area contributed by atoms with E-state index >= 15 is 0 Å². The van der Waals surface area contributed by atoms with Crippen LogP contribution in [0.4, 0.5) is 0 Å². The molecule has 3 aromatic rings. The second-order valence-electron chi connectivity index (χ2n) is 11.2. The molecule has 1 fully saturated rings. The number of aliphatic hydroxyl groups is 1. The maximum Gasteiger partial charge on any atom is 0.160 e. The number of rotatable bonds is 10. The maximum atomic E-state index is 14.0. The van der Waals surface area contributed by atoms with Gasteiger partial charge in [0, 0.05) is 17.9 Å². The average Bonchev–Trinajstić information content (AvgIpc) is 3.35. The smallest absolute Gasteiger partial charge is 0.160 e. The average molecular weight is 512 g/mol. The van der Waals surface area contributed by atoms with Crippen molar-refractivity contribution in [1.82, 2.24) is 4.90 Å². The van der Waals surface area contributed by atoms with Gasteiger partial charge in [0.15, 0.2) is 5.78 Å². The highest BCUT2D eigenvalue weighted by molar-refractivity contribution is 5.95. The van der Waals surface area contributed by atoms with Crippen molar-refractivity contribution in [3.63, 3.8) is 0 Å². The van der Waals surface area contributed by atoms with Gasteiger partial charge in [-0.05, 0) is 62.3 Å². The fourth-order valence-corrected chi connectivity index (χ4v) is 6.31. The van der Waals surface area contributed by atoms with E-state index in [-0.39, 0.29) is 36.2 Å². The summed E-state index contributed by atoms with van der Waals surface area (Å²) < 4.78 is 6.45. The molecule has 0 bridgehead atoms. The van der Waals surface area contributed by atoms with Crippen molar-refractivity contribution in [3.8, 4) is 0 Å². The Labute approximate surface area is 225 Å². The topological polar surface area (TPSA) is 66.8 Å². The quantitative estimate of drug-likeness (QED) is 0.372. The van der Waals surface area contributed by atoms with Crippen molar-refractivity contribution in [2.45, 2.75) is 70.4 Å². The molecule has 0 amide bonds. The third kappa shape index (κ3) is 5.51. The molecule has 38 heavy (non-hydrogen) atoms. The summed E-state index contributed by atoms with van der Waals surface area (Å²) in [5.41, 5.74) is 4.49. The van der Waals surface area contributed by atoms with E-state index in [4.69, 9.17) is 4.74 Å². The number of ketones is 2. The summed E-state index contributed by atoms with van der Waals surface area (Å²) in [6.07, 6.45) is 1.39. The Bertz CT molecular complexity index is 1300. The highest BCUT2D eigenvalue weighted by Crippen LogP contribution is 2.48. The SMILES string of the molecule is CC(=O)c1ccccc1C[C@@H](O)C[C@@H](Cc1ccccc1)C(=O)CN1C2c3ccccc3C[C@H]2OC1(C)C. The molecule has 198 valence electrons. The van der Waals surface area contributed by atoms with Gasteiger partial charge in [-0.3, -0.25) is 14.5 Å². The van der Waals surface area contributed by atoms with Crippen LogP contribution in [0.25, 0.3) is 0 Å². The lowest BCUT2D eigenvalue weighted by Crippen LogP contribution is -2.45. The molecular formula is C33H37NO4. The lowest BCUT2D eigenvalue weighted by Gasteiger charge is -2.34. The van der Waals surface area contributed by atoms with Gasteiger partial charge in [-0.2, -0.15) is 0 Å². The monoisotopic (exact) mass is 511 g/mol. The van der Waals surface area contributed by atoms with Crippen LogP contribution < -0.4 is 0 Å². The molecule has 1 aliphatic heterocycles. The fourth-order valence-electron chi connectivity index (χ4n) is 6.31. The summed E-state index contributed by atoms with van der Waals surface area (Å²) in [6.45, 7) is 5.89. The van der Waals surface area contributed by atoms with Gasteiger partial charge in [0.25, 0.3) is 0 Å². The maximum absolute atomic E-state index is 14.0. The van der Waals surface area contributed by atoms with Crippen LogP contribution in [0.5, 0.6) is 0 Å². The van der Waals surface area contributed by atoms with E-state index in [0.717, 1.165) is 17.5 Å². The predicted molar refractivity (Wildman–Crippen MR) is 148 cm³/mol. The van der Waals surface area contributed by atoms with Gasteiger partial charge < -0.3 is 9.84 Å². The standard InChI is InChI=1S/C33H37NO4/c1-22(35)28-15-9-7-13-24(28)18-27(36)19-26(17-23-11-5-4-6-12-23)30(37)21-34-32-29-16-10-8-14-25(29)20-31(32)38-33(34,2)3/h4-16,26-27,31-32,36H,17-21H2,1-3H3/t26-,27-,31-,32?/m1/s1. The molecule has 4 atom stereocenters. The van der Waals surface area contributed by atoms with Crippen molar-refractivity contribution in [1.29, 1.82) is 0 Å². The van der Waals surface area contributed by atoms with Gasteiger partial charge in [0.05, 0.1) is 24.8 Å². The Morgan fingerprint density at radius 3 is 2.42 bits per heavy atom. The van der Waals surface area contributed by atoms with Gasteiger partial charge in [-0.15, -0.1) is 0 Å². The Morgan fingerprint density at radius 2 is 1.66 bits per heavy atom. The highest BCUT2D eigenvalue weighted by Gasteiger charge is 2.52. The van der Waals surface area contributed by atoms with Crippen LogP contribution in [0.1, 0.15) is 65.8 Å². The first-order valence-electron chi connectivity index (χ1n) is 13.6. The number of benzene rings is 3. The summed E-state index contributed by atoms with van der Waals surface area (Å²) in [7, 11) is 0. The van der Waals surface area contributed by atoms with Crippen molar-refractivity contribution >= 4 is 11.6 Å². The molecule has 1 aliphatic carbocycles. The lowest BCUT2D eigenvalue weighted by atomic mass is 9.87. The van der Waals surface area contributed by atoms with E-state index in [1.165, 1.54) is 11.1 Å². The molecule has 1 saturated heterocycles. The number of fused-ring (bicyclic) bond motifs is 3. The molecule has 1 N–H and O–H groups in total. The summed E-state index contributed by atoms with van der Waals surface area (Å²) in [5, 5.41) is 11.1. The molecule has 3 aromatic carbocycles. The van der Waals surface area contributed by atoms with Crippen LogP contribution >= 0.6 is 0 Å². The molecule has 1 heterocycles. The number of hydrogen-bond acceptors (Lipinski definition) is 5. The number of Topliss-reactive ketones (excluding diaryl/α,β-unsaturated/α-hetero) is 2. The van der Waals surface area contributed by atoms with E-state index in [9.17, 15) is 14.7 Å². The fraction of sp³-hybridized carbons (Fsp3) is 0.394. The molecule has 0 saturated carbocycles. The summed E-state index contributed by atoms with van der Waals surface area (Å²) in [6, 6.07) is 25.9. The van der Waals surface area contributed by atoms with E-state index in [1.54, 1.807) is 13.0 Å². The first-order valence-corrected chi connectivity index (χ1v) is 13.6. The van der Waals surface area contributed by atoms with Gasteiger partial charge >= 0.3 is 0 Å². The van der Waals surface area contributed by atoms with E-state index in [0.29, 0.717) is 24.8 Å². The van der Waals surface area contributed by atoms with Crippen LogP contribution in [-0.4, -0.2) is 46.1 Å². The van der Waals surface area contributed by atoms with Crippen LogP contribution in [0.2, 0.25) is 0 Å². The first-order chi connectivity index (χ1) is 18.2. The molecule has 0 aromatic heterocycles. The zero-order chi connectivity index (χ0) is 26.9. The molecular weight excluding hydrogens is 474 g/mol. The third-order valence-corrected chi connectivity index (χ3v) is 8.13. The van der Waals surface area contributed by atoms with Crippen LogP contribution in [0, 0.1) is 5.92 Å². The zero-order valence-corrected chi connectivity index (χ0v) is 22.5. The van der Waals surface area contributed by atoms with Gasteiger partial charge in [0.1, 0.15) is 11.5 Å². The summed E-state index contributed by atoms with van der Waals surface area (Å²) in [5.74, 6) is -0.273. The summed E-state index contributed by atoms with van der Waals surface area (Å²) >= 11 is 0. The van der Waals surface area contributed by atoms with Gasteiger partial charge in [-0.25, -0.2) is 0 Å². The van der Waals surface area contributed by atoms with Crippen LogP contribution in [0.3, 0.4) is 0 Å². The zero-order valence-electron chi connectivity index (χ0n) is 22.5. The number of aliphatic hydroxyl groups excluding tert-OH is 1.